The van der Waals surface area contributed by atoms with Crippen molar-refractivity contribution in [1.29, 1.82) is 0 Å². The molecule has 5 rings (SSSR count). The van der Waals surface area contributed by atoms with Crippen LogP contribution >= 0.6 is 22.9 Å². The molecule has 1 saturated carbocycles. The molecule has 33 heavy (non-hydrogen) atoms. The van der Waals surface area contributed by atoms with Gasteiger partial charge in [0.2, 0.25) is 0 Å². The van der Waals surface area contributed by atoms with Gasteiger partial charge in [-0.15, -0.1) is 11.3 Å². The molecule has 0 saturated heterocycles. The van der Waals surface area contributed by atoms with Crippen LogP contribution < -0.4 is 10.6 Å². The summed E-state index contributed by atoms with van der Waals surface area (Å²) in [4.78, 5) is 37.3. The van der Waals surface area contributed by atoms with E-state index < -0.39 is 0 Å². The predicted octanol–water partition coefficient (Wildman–Crippen LogP) is 4.13. The normalized spacial score (nSPS) is 21.0. The van der Waals surface area contributed by atoms with Crippen molar-refractivity contribution in [2.45, 2.75) is 57.7 Å². The van der Waals surface area contributed by atoms with Crippen LogP contribution in [0.3, 0.4) is 0 Å². The van der Waals surface area contributed by atoms with E-state index in [2.05, 4.69) is 32.4 Å². The van der Waals surface area contributed by atoms with Crippen LogP contribution in [0, 0.1) is 0 Å². The lowest BCUT2D eigenvalue weighted by Crippen LogP contribution is -2.53. The van der Waals surface area contributed by atoms with Gasteiger partial charge in [0.1, 0.15) is 5.69 Å². The molecule has 2 aromatic heterocycles. The maximum atomic E-state index is 13.0. The predicted molar refractivity (Wildman–Crippen MR) is 131 cm³/mol. The maximum absolute atomic E-state index is 13.0. The van der Waals surface area contributed by atoms with Gasteiger partial charge in [0, 0.05) is 52.4 Å². The van der Waals surface area contributed by atoms with Crippen LogP contribution in [0.2, 0.25) is 5.02 Å². The molecule has 1 aromatic carbocycles. The summed E-state index contributed by atoms with van der Waals surface area (Å²) in [6.45, 7) is 5.02. The van der Waals surface area contributed by atoms with Gasteiger partial charge in [-0.3, -0.25) is 14.5 Å². The second-order valence-electron chi connectivity index (χ2n) is 8.87. The highest BCUT2D eigenvalue weighted by Gasteiger charge is 2.30. The molecule has 1 fully saturated rings. The maximum Gasteiger partial charge on any atom is 0.280 e. The SMILES string of the molecule is CCN1CCc2nc(C(=O)N[C@@H]3CCCC[C@@H]3NC(=O)c3cc4cc(Cl)ccc4[nH]3)sc2C1. The molecular weight excluding hydrogens is 458 g/mol. The molecule has 3 heterocycles. The van der Waals surface area contributed by atoms with Crippen LogP contribution in [0.4, 0.5) is 0 Å². The summed E-state index contributed by atoms with van der Waals surface area (Å²) in [7, 11) is 0. The number of hydrogen-bond acceptors (Lipinski definition) is 5. The number of aromatic amines is 1. The zero-order valence-corrected chi connectivity index (χ0v) is 20.2. The van der Waals surface area contributed by atoms with E-state index in [9.17, 15) is 9.59 Å². The second-order valence-corrected chi connectivity index (χ2v) is 10.4. The van der Waals surface area contributed by atoms with Crippen molar-refractivity contribution >= 4 is 45.7 Å². The number of rotatable bonds is 5. The largest absolute Gasteiger partial charge is 0.351 e. The van der Waals surface area contributed by atoms with E-state index in [1.54, 1.807) is 6.07 Å². The molecule has 174 valence electrons. The first-order valence-electron chi connectivity index (χ1n) is 11.6. The van der Waals surface area contributed by atoms with Gasteiger partial charge in [-0.1, -0.05) is 31.4 Å². The topological polar surface area (TPSA) is 90.1 Å². The molecular formula is C24H28ClN5O2S. The zero-order chi connectivity index (χ0) is 22.9. The van der Waals surface area contributed by atoms with Crippen LogP contribution in [0.15, 0.2) is 24.3 Å². The number of amides is 2. The molecule has 2 amide bonds. The molecule has 0 radical (unpaired) electrons. The van der Waals surface area contributed by atoms with E-state index in [1.807, 2.05) is 18.2 Å². The minimum absolute atomic E-state index is 0.109. The lowest BCUT2D eigenvalue weighted by molar-refractivity contribution is 0.0860. The number of carbonyl (C=O) groups is 2. The molecule has 0 bridgehead atoms. The van der Waals surface area contributed by atoms with E-state index >= 15 is 0 Å². The summed E-state index contributed by atoms with van der Waals surface area (Å²) in [5, 5.41) is 8.36. The Hall–Kier alpha value is -2.42. The van der Waals surface area contributed by atoms with Gasteiger partial charge in [-0.2, -0.15) is 0 Å². The quantitative estimate of drug-likeness (QED) is 0.507. The first kappa shape index (κ1) is 22.4. The Morgan fingerprint density at radius 1 is 1.18 bits per heavy atom. The second kappa shape index (κ2) is 9.44. The van der Waals surface area contributed by atoms with Gasteiger partial charge in [-0.25, -0.2) is 4.98 Å². The standard InChI is InChI=1S/C24H28ClN5O2S/c1-2-30-10-9-19-21(13-30)33-24(29-19)23(32)28-18-6-4-3-5-17(18)27-22(31)20-12-14-11-15(25)7-8-16(14)26-20/h7-8,11-12,17-18,26H,2-6,9-10,13H2,1H3,(H,27,31)(H,28,32)/t17-,18+/m0/s1. The molecule has 1 aliphatic carbocycles. The van der Waals surface area contributed by atoms with E-state index in [1.165, 1.54) is 16.2 Å². The fourth-order valence-electron chi connectivity index (χ4n) is 4.79. The average Bonchev–Trinajstić information content (AvgIpc) is 3.43. The summed E-state index contributed by atoms with van der Waals surface area (Å²) in [5.41, 5.74) is 2.42. The highest BCUT2D eigenvalue weighted by atomic mass is 35.5. The van der Waals surface area contributed by atoms with Crippen molar-refractivity contribution in [2.75, 3.05) is 13.1 Å². The number of likely N-dealkylation sites (N-methyl/N-ethyl adjacent to an activating group) is 1. The van der Waals surface area contributed by atoms with Gasteiger partial charge in [0.25, 0.3) is 11.8 Å². The number of H-pyrrole nitrogens is 1. The van der Waals surface area contributed by atoms with Crippen LogP contribution in [-0.4, -0.2) is 51.9 Å². The highest BCUT2D eigenvalue weighted by Crippen LogP contribution is 2.26. The Morgan fingerprint density at radius 3 is 2.70 bits per heavy atom. The average molecular weight is 486 g/mol. The molecule has 3 N–H and O–H groups in total. The van der Waals surface area contributed by atoms with E-state index in [0.717, 1.165) is 68.3 Å². The summed E-state index contributed by atoms with van der Waals surface area (Å²) >= 11 is 7.57. The number of nitrogens with one attached hydrogen (secondary N) is 3. The summed E-state index contributed by atoms with van der Waals surface area (Å²) in [5.74, 6) is -0.304. The fraction of sp³-hybridized carbons (Fsp3) is 0.458. The summed E-state index contributed by atoms with van der Waals surface area (Å²) < 4.78 is 0. The highest BCUT2D eigenvalue weighted by molar-refractivity contribution is 7.13. The number of fused-ring (bicyclic) bond motifs is 2. The van der Waals surface area contributed by atoms with Gasteiger partial charge in [-0.05, 0) is 43.7 Å². The number of hydrogen-bond donors (Lipinski definition) is 3. The molecule has 7 nitrogen and oxygen atoms in total. The van der Waals surface area contributed by atoms with Gasteiger partial charge >= 0.3 is 0 Å². The van der Waals surface area contributed by atoms with Crippen LogP contribution in [-0.2, 0) is 13.0 Å². The fourth-order valence-corrected chi connectivity index (χ4v) is 6.03. The zero-order valence-electron chi connectivity index (χ0n) is 18.6. The summed E-state index contributed by atoms with van der Waals surface area (Å²) in [6.07, 6.45) is 4.63. The molecule has 2 atom stereocenters. The monoisotopic (exact) mass is 485 g/mol. The van der Waals surface area contributed by atoms with Crippen LogP contribution in [0.5, 0.6) is 0 Å². The third-order valence-corrected chi connectivity index (χ3v) is 7.99. The molecule has 0 unspecified atom stereocenters. The Bertz CT molecular complexity index is 1190. The number of thiazole rings is 1. The van der Waals surface area contributed by atoms with E-state index in [-0.39, 0.29) is 23.9 Å². The molecule has 9 heteroatoms. The third-order valence-electron chi connectivity index (χ3n) is 6.68. The number of carbonyl (C=O) groups excluding carboxylic acids is 2. The van der Waals surface area contributed by atoms with Gasteiger partial charge in [0.15, 0.2) is 5.01 Å². The van der Waals surface area contributed by atoms with Crippen LogP contribution in [0.25, 0.3) is 10.9 Å². The van der Waals surface area contributed by atoms with Crippen molar-refractivity contribution in [3.05, 3.63) is 50.6 Å². The lowest BCUT2D eigenvalue weighted by atomic mass is 9.90. The third kappa shape index (κ3) is 4.78. The molecule has 3 aromatic rings. The van der Waals surface area contributed by atoms with Gasteiger partial charge in [0.05, 0.1) is 5.69 Å². The van der Waals surface area contributed by atoms with Crippen LogP contribution in [0.1, 0.15) is 63.5 Å². The minimum Gasteiger partial charge on any atom is -0.351 e. The Morgan fingerprint density at radius 2 is 1.94 bits per heavy atom. The lowest BCUT2D eigenvalue weighted by Gasteiger charge is -2.32. The number of benzene rings is 1. The minimum atomic E-state index is -0.169. The van der Waals surface area contributed by atoms with E-state index in [4.69, 9.17) is 11.6 Å². The van der Waals surface area contributed by atoms with Crippen molar-refractivity contribution in [3.8, 4) is 0 Å². The smallest absolute Gasteiger partial charge is 0.280 e. The number of nitrogens with zero attached hydrogens (tertiary/aromatic N) is 2. The molecule has 0 spiro atoms. The molecule has 2 aliphatic rings. The Balaban J connectivity index is 1.26. The first-order chi connectivity index (χ1) is 16.0. The van der Waals surface area contributed by atoms with Crippen molar-refractivity contribution in [3.63, 3.8) is 0 Å². The van der Waals surface area contributed by atoms with E-state index in [0.29, 0.717) is 15.7 Å². The van der Waals surface area contributed by atoms with Crippen molar-refractivity contribution in [2.24, 2.45) is 0 Å². The number of halogens is 1. The van der Waals surface area contributed by atoms with Gasteiger partial charge < -0.3 is 15.6 Å². The Kier molecular flexibility index (Phi) is 6.40. The van der Waals surface area contributed by atoms with Crippen molar-refractivity contribution in [1.82, 2.24) is 25.5 Å². The molecule has 1 aliphatic heterocycles. The Labute approximate surface area is 201 Å². The summed E-state index contributed by atoms with van der Waals surface area (Å²) in [6, 6.07) is 7.09. The first-order valence-corrected chi connectivity index (χ1v) is 12.8. The van der Waals surface area contributed by atoms with Crippen molar-refractivity contribution < 1.29 is 9.59 Å². The number of aromatic nitrogens is 2.